The van der Waals surface area contributed by atoms with Crippen LogP contribution in [0.4, 0.5) is 0 Å². The number of rotatable bonds is 4. The summed E-state index contributed by atoms with van der Waals surface area (Å²) in [6.45, 7) is 5.30. The van der Waals surface area contributed by atoms with Crippen LogP contribution in [0, 0.1) is 5.92 Å². The molecule has 0 spiro atoms. The van der Waals surface area contributed by atoms with Gasteiger partial charge in [0, 0.05) is 12.6 Å². The Hall–Kier alpha value is -1.10. The third kappa shape index (κ3) is 3.87. The van der Waals surface area contributed by atoms with E-state index in [4.69, 9.17) is 5.11 Å². The SMILES string of the molecule is CC(C)NC(=O)CN1CCC(C(=O)O)C1. The summed E-state index contributed by atoms with van der Waals surface area (Å²) >= 11 is 0. The van der Waals surface area contributed by atoms with Crippen molar-refractivity contribution in [3.63, 3.8) is 0 Å². The van der Waals surface area contributed by atoms with Gasteiger partial charge in [-0.25, -0.2) is 0 Å². The molecule has 0 aromatic carbocycles. The summed E-state index contributed by atoms with van der Waals surface area (Å²) in [4.78, 5) is 24.0. The van der Waals surface area contributed by atoms with Crippen molar-refractivity contribution in [3.05, 3.63) is 0 Å². The molecule has 1 heterocycles. The first kappa shape index (κ1) is 12.0. The first-order valence-corrected chi connectivity index (χ1v) is 5.23. The fourth-order valence-corrected chi connectivity index (χ4v) is 1.75. The number of likely N-dealkylation sites (tertiary alicyclic amines) is 1. The number of carboxylic acid groups (broad SMARTS) is 1. The third-order valence-electron chi connectivity index (χ3n) is 2.44. The number of hydrogen-bond donors (Lipinski definition) is 2. The van der Waals surface area contributed by atoms with E-state index in [0.29, 0.717) is 26.1 Å². The summed E-state index contributed by atoms with van der Waals surface area (Å²) in [7, 11) is 0. The average molecular weight is 214 g/mol. The summed E-state index contributed by atoms with van der Waals surface area (Å²) in [6, 6.07) is 0.135. The number of carbonyl (C=O) groups is 2. The van der Waals surface area contributed by atoms with Crippen LogP contribution in [0.2, 0.25) is 0 Å². The Bertz CT molecular complexity index is 253. The molecular formula is C10H18N2O3. The lowest BCUT2D eigenvalue weighted by Crippen LogP contribution is -2.39. The van der Waals surface area contributed by atoms with Crippen LogP contribution in [-0.2, 0) is 9.59 Å². The minimum Gasteiger partial charge on any atom is -0.481 e. The van der Waals surface area contributed by atoms with Crippen molar-refractivity contribution in [1.82, 2.24) is 10.2 Å². The molecule has 5 heteroatoms. The van der Waals surface area contributed by atoms with E-state index in [1.807, 2.05) is 18.7 Å². The molecule has 1 rings (SSSR count). The molecule has 1 aliphatic heterocycles. The monoisotopic (exact) mass is 214 g/mol. The number of nitrogens with zero attached hydrogens (tertiary/aromatic N) is 1. The van der Waals surface area contributed by atoms with Crippen LogP contribution in [0.15, 0.2) is 0 Å². The molecular weight excluding hydrogens is 196 g/mol. The first-order chi connectivity index (χ1) is 6.99. The van der Waals surface area contributed by atoms with E-state index in [0.717, 1.165) is 0 Å². The maximum Gasteiger partial charge on any atom is 0.307 e. The van der Waals surface area contributed by atoms with E-state index in [2.05, 4.69) is 5.32 Å². The van der Waals surface area contributed by atoms with Crippen LogP contribution < -0.4 is 5.32 Å². The minimum atomic E-state index is -0.762. The molecule has 1 amide bonds. The smallest absolute Gasteiger partial charge is 0.307 e. The summed E-state index contributed by atoms with van der Waals surface area (Å²) in [5.41, 5.74) is 0. The van der Waals surface area contributed by atoms with Gasteiger partial charge in [-0.2, -0.15) is 0 Å². The maximum atomic E-state index is 11.4. The van der Waals surface area contributed by atoms with Crippen LogP contribution >= 0.6 is 0 Å². The number of carboxylic acids is 1. The Morgan fingerprint density at radius 1 is 1.53 bits per heavy atom. The first-order valence-electron chi connectivity index (χ1n) is 5.23. The molecule has 0 aliphatic carbocycles. The number of hydrogen-bond acceptors (Lipinski definition) is 3. The topological polar surface area (TPSA) is 69.6 Å². The van der Waals surface area contributed by atoms with E-state index in [1.165, 1.54) is 0 Å². The van der Waals surface area contributed by atoms with Crippen molar-refractivity contribution in [2.75, 3.05) is 19.6 Å². The van der Waals surface area contributed by atoms with Crippen LogP contribution in [-0.4, -0.2) is 47.6 Å². The van der Waals surface area contributed by atoms with Gasteiger partial charge in [0.25, 0.3) is 0 Å². The Labute approximate surface area is 89.4 Å². The van der Waals surface area contributed by atoms with E-state index < -0.39 is 5.97 Å². The molecule has 0 aromatic rings. The molecule has 5 nitrogen and oxygen atoms in total. The molecule has 1 fully saturated rings. The highest BCUT2D eigenvalue weighted by Gasteiger charge is 2.28. The zero-order valence-corrected chi connectivity index (χ0v) is 9.19. The summed E-state index contributed by atoms with van der Waals surface area (Å²) in [5.74, 6) is -1.10. The van der Waals surface area contributed by atoms with Crippen molar-refractivity contribution in [2.24, 2.45) is 5.92 Å². The molecule has 1 unspecified atom stereocenters. The summed E-state index contributed by atoms with van der Waals surface area (Å²) in [6.07, 6.45) is 0.643. The van der Waals surface area contributed by atoms with Gasteiger partial charge in [-0.3, -0.25) is 14.5 Å². The lowest BCUT2D eigenvalue weighted by Gasteiger charge is -2.16. The van der Waals surface area contributed by atoms with Crippen LogP contribution in [0.25, 0.3) is 0 Å². The van der Waals surface area contributed by atoms with Crippen molar-refractivity contribution in [3.8, 4) is 0 Å². The molecule has 0 radical (unpaired) electrons. The number of carbonyl (C=O) groups excluding carboxylic acids is 1. The van der Waals surface area contributed by atoms with Gasteiger partial charge in [0.2, 0.25) is 5.91 Å². The van der Waals surface area contributed by atoms with Crippen molar-refractivity contribution in [2.45, 2.75) is 26.3 Å². The van der Waals surface area contributed by atoms with Gasteiger partial charge in [0.05, 0.1) is 12.5 Å². The van der Waals surface area contributed by atoms with E-state index in [-0.39, 0.29) is 17.9 Å². The quantitative estimate of drug-likeness (QED) is 0.686. The van der Waals surface area contributed by atoms with Gasteiger partial charge in [0.1, 0.15) is 0 Å². The second kappa shape index (κ2) is 5.11. The predicted octanol–water partition coefficient (Wildman–Crippen LogP) is -0.0825. The van der Waals surface area contributed by atoms with Crippen LogP contribution in [0.5, 0.6) is 0 Å². The van der Waals surface area contributed by atoms with Crippen LogP contribution in [0.1, 0.15) is 20.3 Å². The van der Waals surface area contributed by atoms with Crippen molar-refractivity contribution >= 4 is 11.9 Å². The zero-order chi connectivity index (χ0) is 11.4. The maximum absolute atomic E-state index is 11.4. The molecule has 1 atom stereocenters. The fourth-order valence-electron chi connectivity index (χ4n) is 1.75. The number of aliphatic carboxylic acids is 1. The summed E-state index contributed by atoms with van der Waals surface area (Å²) in [5, 5.41) is 11.6. The van der Waals surface area contributed by atoms with E-state index in [1.54, 1.807) is 0 Å². The molecule has 1 aliphatic rings. The molecule has 0 saturated carbocycles. The highest BCUT2D eigenvalue weighted by atomic mass is 16.4. The molecule has 86 valence electrons. The Morgan fingerprint density at radius 3 is 2.67 bits per heavy atom. The largest absolute Gasteiger partial charge is 0.481 e. The van der Waals surface area contributed by atoms with Gasteiger partial charge in [-0.15, -0.1) is 0 Å². The second-order valence-corrected chi connectivity index (χ2v) is 4.28. The van der Waals surface area contributed by atoms with Crippen molar-refractivity contribution < 1.29 is 14.7 Å². The Morgan fingerprint density at radius 2 is 2.20 bits per heavy atom. The lowest BCUT2D eigenvalue weighted by atomic mass is 10.1. The van der Waals surface area contributed by atoms with Crippen molar-refractivity contribution in [1.29, 1.82) is 0 Å². The standard InChI is InChI=1S/C10H18N2O3/c1-7(2)11-9(13)6-12-4-3-8(5-12)10(14)15/h7-8H,3-6H2,1-2H3,(H,11,13)(H,14,15). The fraction of sp³-hybridized carbons (Fsp3) is 0.800. The Kier molecular flexibility index (Phi) is 4.08. The highest BCUT2D eigenvalue weighted by Crippen LogP contribution is 2.15. The average Bonchev–Trinajstić information content (AvgIpc) is 2.50. The van der Waals surface area contributed by atoms with E-state index >= 15 is 0 Å². The predicted molar refractivity (Wildman–Crippen MR) is 55.5 cm³/mol. The van der Waals surface area contributed by atoms with Gasteiger partial charge in [-0.1, -0.05) is 0 Å². The second-order valence-electron chi connectivity index (χ2n) is 4.28. The molecule has 15 heavy (non-hydrogen) atoms. The Balaban J connectivity index is 2.30. The lowest BCUT2D eigenvalue weighted by molar-refractivity contribution is -0.141. The molecule has 0 aromatic heterocycles. The highest BCUT2D eigenvalue weighted by molar-refractivity contribution is 5.78. The van der Waals surface area contributed by atoms with Gasteiger partial charge >= 0.3 is 5.97 Å². The summed E-state index contributed by atoms with van der Waals surface area (Å²) < 4.78 is 0. The van der Waals surface area contributed by atoms with Gasteiger partial charge in [0.15, 0.2) is 0 Å². The molecule has 0 bridgehead atoms. The van der Waals surface area contributed by atoms with Gasteiger partial charge < -0.3 is 10.4 Å². The van der Waals surface area contributed by atoms with Crippen LogP contribution in [0.3, 0.4) is 0 Å². The number of nitrogens with one attached hydrogen (secondary N) is 1. The third-order valence-corrected chi connectivity index (χ3v) is 2.44. The molecule has 2 N–H and O–H groups in total. The van der Waals surface area contributed by atoms with Gasteiger partial charge in [-0.05, 0) is 26.8 Å². The number of amides is 1. The normalized spacial score (nSPS) is 21.9. The van der Waals surface area contributed by atoms with E-state index in [9.17, 15) is 9.59 Å². The molecule has 1 saturated heterocycles. The zero-order valence-electron chi connectivity index (χ0n) is 9.19. The minimum absolute atomic E-state index is 0.0314.